The van der Waals surface area contributed by atoms with Crippen molar-refractivity contribution in [3.05, 3.63) is 29.8 Å². The minimum Gasteiger partial charge on any atom is -0.368 e. The average Bonchev–Trinajstić information content (AvgIpc) is 2.21. The zero-order chi connectivity index (χ0) is 12.0. The molecule has 0 heterocycles. The molecule has 0 bridgehead atoms. The molecular weight excluding hydrogens is 220 g/mol. The van der Waals surface area contributed by atoms with Crippen molar-refractivity contribution in [2.75, 3.05) is 6.61 Å². The Morgan fingerprint density at radius 1 is 1.31 bits per heavy atom. The molecule has 2 atom stereocenters. The molecule has 1 aromatic carbocycles. The highest BCUT2D eigenvalue weighted by atomic mass is 32.1. The molecule has 1 aromatic rings. The molecule has 16 heavy (non-hydrogen) atoms. The maximum atomic E-state index is 8.96. The third-order valence-corrected chi connectivity index (χ3v) is 2.97. The fraction of sp³-hybridized carbons (Fsp3) is 0.538. The predicted molar refractivity (Wildman–Crippen MR) is 68.8 cm³/mol. The summed E-state index contributed by atoms with van der Waals surface area (Å²) in [5.74, 6) is 0.534. The Bertz CT molecular complexity index is 313. The van der Waals surface area contributed by atoms with Crippen molar-refractivity contribution in [3.8, 4) is 0 Å². The van der Waals surface area contributed by atoms with Gasteiger partial charge in [-0.25, -0.2) is 0 Å². The number of thiol groups is 1. The molecule has 0 aliphatic carbocycles. The maximum Gasteiger partial charge on any atom is 0.151 e. The zero-order valence-corrected chi connectivity index (χ0v) is 10.8. The van der Waals surface area contributed by atoms with Gasteiger partial charge in [0.15, 0.2) is 6.29 Å². The quantitative estimate of drug-likeness (QED) is 0.591. The van der Waals surface area contributed by atoms with Gasteiger partial charge in [0.1, 0.15) is 0 Å². The Balaban J connectivity index is 2.34. The van der Waals surface area contributed by atoms with E-state index < -0.39 is 6.29 Å². The lowest BCUT2D eigenvalue weighted by molar-refractivity contribution is -0.0878. The Labute approximate surface area is 103 Å². The summed E-state index contributed by atoms with van der Waals surface area (Å²) >= 11 is 4.42. The predicted octanol–water partition coefficient (Wildman–Crippen LogP) is 2.90. The number of rotatable bonds is 6. The summed E-state index contributed by atoms with van der Waals surface area (Å²) in [5, 5.41) is 8.96. The Kier molecular flexibility index (Phi) is 5.88. The summed E-state index contributed by atoms with van der Waals surface area (Å²) in [4.78, 5) is 1.05. The van der Waals surface area contributed by atoms with Gasteiger partial charge >= 0.3 is 0 Å². The first-order valence-corrected chi connectivity index (χ1v) is 6.11. The van der Waals surface area contributed by atoms with Crippen LogP contribution in [0.15, 0.2) is 29.2 Å². The normalized spacial score (nSPS) is 14.8. The van der Waals surface area contributed by atoms with Gasteiger partial charge in [-0.05, 0) is 37.3 Å². The summed E-state index contributed by atoms with van der Waals surface area (Å²) in [6.45, 7) is 4.42. The van der Waals surface area contributed by atoms with Crippen molar-refractivity contribution in [2.24, 2.45) is 5.92 Å². The lowest BCUT2D eigenvalue weighted by atomic mass is 9.98. The second-order valence-electron chi connectivity index (χ2n) is 4.20. The van der Waals surface area contributed by atoms with Crippen molar-refractivity contribution in [1.82, 2.24) is 0 Å². The second kappa shape index (κ2) is 6.94. The van der Waals surface area contributed by atoms with Gasteiger partial charge in [-0.2, -0.15) is 0 Å². The van der Waals surface area contributed by atoms with Crippen molar-refractivity contribution in [3.63, 3.8) is 0 Å². The van der Waals surface area contributed by atoms with Crippen molar-refractivity contribution in [1.29, 1.82) is 0 Å². The van der Waals surface area contributed by atoms with Crippen LogP contribution in [-0.2, 0) is 11.2 Å². The fourth-order valence-electron chi connectivity index (χ4n) is 1.60. The van der Waals surface area contributed by atoms with E-state index in [1.165, 1.54) is 5.56 Å². The molecule has 0 radical (unpaired) electrons. The van der Waals surface area contributed by atoms with Crippen LogP contribution < -0.4 is 0 Å². The molecule has 2 nitrogen and oxygen atoms in total. The summed E-state index contributed by atoms with van der Waals surface area (Å²) in [6, 6.07) is 8.15. The third kappa shape index (κ3) is 5.01. The van der Waals surface area contributed by atoms with Gasteiger partial charge in [0.25, 0.3) is 0 Å². The van der Waals surface area contributed by atoms with Crippen LogP contribution in [0.25, 0.3) is 0 Å². The van der Waals surface area contributed by atoms with Crippen molar-refractivity contribution in [2.45, 2.75) is 37.9 Å². The summed E-state index contributed by atoms with van der Waals surface area (Å²) in [7, 11) is 0. The Morgan fingerprint density at radius 3 is 2.62 bits per heavy atom. The molecule has 0 aliphatic heterocycles. The zero-order valence-electron chi connectivity index (χ0n) is 9.89. The summed E-state index contributed by atoms with van der Waals surface area (Å²) in [6.07, 6.45) is 1.29. The molecule has 0 aromatic heterocycles. The third-order valence-electron chi connectivity index (χ3n) is 2.53. The lowest BCUT2D eigenvalue weighted by Crippen LogP contribution is -2.11. The van der Waals surface area contributed by atoms with E-state index in [9.17, 15) is 0 Å². The van der Waals surface area contributed by atoms with E-state index in [0.717, 1.165) is 17.7 Å². The molecule has 2 unspecified atom stereocenters. The number of hydrogen-bond acceptors (Lipinski definition) is 3. The van der Waals surface area contributed by atoms with E-state index in [0.29, 0.717) is 12.5 Å². The van der Waals surface area contributed by atoms with Crippen LogP contribution in [-0.4, -0.2) is 18.0 Å². The number of aliphatic hydroxyl groups is 1. The van der Waals surface area contributed by atoms with Crippen molar-refractivity contribution < 1.29 is 9.84 Å². The van der Waals surface area contributed by atoms with E-state index in [2.05, 4.69) is 25.6 Å². The Hall–Kier alpha value is -0.510. The lowest BCUT2D eigenvalue weighted by Gasteiger charge is -2.13. The van der Waals surface area contributed by atoms with Gasteiger partial charge in [0.05, 0.1) is 0 Å². The van der Waals surface area contributed by atoms with Gasteiger partial charge in [-0.1, -0.05) is 25.1 Å². The van der Waals surface area contributed by atoms with Crippen LogP contribution in [0.3, 0.4) is 0 Å². The molecule has 0 saturated heterocycles. The molecule has 0 saturated carbocycles. The van der Waals surface area contributed by atoms with Crippen LogP contribution in [0.4, 0.5) is 0 Å². The molecule has 0 fully saturated rings. The molecule has 1 rings (SSSR count). The van der Waals surface area contributed by atoms with Gasteiger partial charge in [-0.15, -0.1) is 12.6 Å². The number of aliphatic hydroxyl groups excluding tert-OH is 1. The van der Waals surface area contributed by atoms with Crippen LogP contribution >= 0.6 is 12.6 Å². The van der Waals surface area contributed by atoms with E-state index >= 15 is 0 Å². The molecular formula is C13H20O2S. The van der Waals surface area contributed by atoms with Crippen LogP contribution in [0, 0.1) is 5.92 Å². The molecule has 1 N–H and O–H groups in total. The maximum absolute atomic E-state index is 8.96. The number of ether oxygens (including phenoxy) is 1. The van der Waals surface area contributed by atoms with Crippen LogP contribution in [0.2, 0.25) is 0 Å². The molecule has 3 heteroatoms. The summed E-state index contributed by atoms with van der Waals surface area (Å²) < 4.78 is 5.12. The smallest absolute Gasteiger partial charge is 0.151 e. The first-order chi connectivity index (χ1) is 7.59. The molecule has 0 aliphatic rings. The van der Waals surface area contributed by atoms with E-state index in [1.807, 2.05) is 18.2 Å². The SMILES string of the molecule is CC(CCOC(C)O)Cc1ccccc1S. The highest BCUT2D eigenvalue weighted by molar-refractivity contribution is 7.80. The first-order valence-electron chi connectivity index (χ1n) is 5.66. The van der Waals surface area contributed by atoms with E-state index in [1.54, 1.807) is 6.92 Å². The minimum atomic E-state index is -0.663. The Morgan fingerprint density at radius 2 is 2.00 bits per heavy atom. The molecule has 0 amide bonds. The van der Waals surface area contributed by atoms with Gasteiger partial charge in [0.2, 0.25) is 0 Å². The number of hydrogen-bond donors (Lipinski definition) is 2. The number of benzene rings is 1. The highest BCUT2D eigenvalue weighted by Gasteiger charge is 2.06. The second-order valence-corrected chi connectivity index (χ2v) is 4.68. The molecule has 0 spiro atoms. The summed E-state index contributed by atoms with van der Waals surface area (Å²) in [5.41, 5.74) is 1.27. The van der Waals surface area contributed by atoms with Crippen LogP contribution in [0.5, 0.6) is 0 Å². The van der Waals surface area contributed by atoms with Crippen molar-refractivity contribution >= 4 is 12.6 Å². The first kappa shape index (κ1) is 13.6. The fourth-order valence-corrected chi connectivity index (χ4v) is 1.85. The van der Waals surface area contributed by atoms with Crippen LogP contribution in [0.1, 0.15) is 25.8 Å². The standard InChI is InChI=1S/C13H20O2S/c1-10(7-8-15-11(2)14)9-12-5-3-4-6-13(12)16/h3-6,10-11,14,16H,7-9H2,1-2H3. The van der Waals surface area contributed by atoms with Gasteiger partial charge < -0.3 is 9.84 Å². The van der Waals surface area contributed by atoms with Gasteiger partial charge in [-0.3, -0.25) is 0 Å². The topological polar surface area (TPSA) is 29.5 Å². The monoisotopic (exact) mass is 240 g/mol. The minimum absolute atomic E-state index is 0.534. The van der Waals surface area contributed by atoms with E-state index in [-0.39, 0.29) is 0 Å². The van der Waals surface area contributed by atoms with E-state index in [4.69, 9.17) is 9.84 Å². The molecule has 90 valence electrons. The average molecular weight is 240 g/mol. The highest BCUT2D eigenvalue weighted by Crippen LogP contribution is 2.18. The largest absolute Gasteiger partial charge is 0.368 e. The van der Waals surface area contributed by atoms with Gasteiger partial charge in [0, 0.05) is 11.5 Å².